The van der Waals surface area contributed by atoms with Crippen molar-refractivity contribution in [1.29, 1.82) is 0 Å². The number of hydrogen-bond donors (Lipinski definition) is 5. The molecule has 5 unspecified atom stereocenters. The van der Waals surface area contributed by atoms with Crippen LogP contribution in [0.4, 0.5) is 5.82 Å². The first-order valence-electron chi connectivity index (χ1n) is 22.8. The Morgan fingerprint density at radius 2 is 1.24 bits per heavy atom. The number of rotatable bonds is 36. The number of carbonyl (C=O) groups excluding carboxylic acids is 2. The largest absolute Gasteiger partial charge is 0.481 e. The fourth-order valence-corrected chi connectivity index (χ4v) is 9.02. The molecule has 1 aromatic heterocycles. The second-order valence-corrected chi connectivity index (χ2v) is 19.8. The zero-order valence-corrected chi connectivity index (χ0v) is 39.3. The number of esters is 2. The van der Waals surface area contributed by atoms with Gasteiger partial charge in [0.1, 0.15) is 30.7 Å². The number of unbranched alkanes of at least 4 members (excludes halogenated alkanes) is 14. The highest BCUT2D eigenvalue weighted by Gasteiger charge is 2.46. The van der Waals surface area contributed by atoms with E-state index in [4.69, 9.17) is 29.0 Å². The Balaban J connectivity index is 1.84. The molecular formula is C42H77N3O15P2. The number of nitrogen functional groups attached to an aromatic ring is 1. The smallest absolute Gasteiger partial charge is 0.462 e. The fourth-order valence-electron chi connectivity index (χ4n) is 6.91. The van der Waals surface area contributed by atoms with E-state index < -0.39 is 83.7 Å². The summed E-state index contributed by atoms with van der Waals surface area (Å²) >= 11 is 0. The lowest BCUT2D eigenvalue weighted by Crippen LogP contribution is -2.36. The van der Waals surface area contributed by atoms with Crippen LogP contribution in [0.1, 0.15) is 175 Å². The van der Waals surface area contributed by atoms with E-state index in [0.29, 0.717) is 12.8 Å². The van der Waals surface area contributed by atoms with Gasteiger partial charge in [-0.1, -0.05) is 143 Å². The van der Waals surface area contributed by atoms with E-state index in [-0.39, 0.29) is 18.7 Å². The molecule has 1 aliphatic rings. The molecule has 9 atom stereocenters. The molecule has 1 aromatic rings. The minimum Gasteiger partial charge on any atom is -0.462 e. The molecule has 2 rings (SSSR count). The predicted molar refractivity (Wildman–Crippen MR) is 234 cm³/mol. The minimum absolute atomic E-state index is 0.0546. The van der Waals surface area contributed by atoms with Gasteiger partial charge in [-0.25, -0.2) is 13.9 Å². The van der Waals surface area contributed by atoms with E-state index in [9.17, 15) is 43.5 Å². The SMILES string of the molecule is CCC(C)CCCCCCCCCCCCC(=O)O[C@H](COC(=O)CCCCCCCCC(C)CC)COP(=O)(O)OP(=O)(O)OC[C@H]1O[C@@H](n2ccc(N)nc2=O)C(O)[C@H]1O. The Bertz CT molecular complexity index is 1570. The molecule has 0 bridgehead atoms. The first-order valence-corrected chi connectivity index (χ1v) is 25.8. The van der Waals surface area contributed by atoms with Crippen LogP contribution in [-0.2, 0) is 46.3 Å². The van der Waals surface area contributed by atoms with Gasteiger partial charge < -0.3 is 39.9 Å². The molecule has 1 fully saturated rings. The van der Waals surface area contributed by atoms with Gasteiger partial charge in [0.05, 0.1) is 13.2 Å². The molecule has 1 saturated heterocycles. The number of phosphoric ester groups is 2. The average Bonchev–Trinajstić information content (AvgIpc) is 3.50. The number of nitrogens with two attached hydrogens (primary N) is 1. The van der Waals surface area contributed by atoms with Crippen LogP contribution in [0.2, 0.25) is 0 Å². The quantitative estimate of drug-likeness (QED) is 0.0242. The Labute approximate surface area is 368 Å². The standard InChI is InChI=1S/C42H77N3O15P2/c1-5-32(3)23-19-15-11-9-7-8-10-12-18-22-26-38(47)58-34(29-55-37(46)25-21-17-14-13-16-20-24-33(4)6-2)30-56-61(51,52)60-62(53,54)57-31-35-39(48)40(49)41(59-35)45-28-27-36(43)44-42(45)50/h27-28,32-35,39-41,48-49H,5-26,29-31H2,1-4H3,(H,51,52)(H,53,54)(H2,43,44,50)/t32?,33?,34-,35-,39+,40?,41-/m1/s1. The van der Waals surface area contributed by atoms with Gasteiger partial charge in [0.15, 0.2) is 12.3 Å². The summed E-state index contributed by atoms with van der Waals surface area (Å²) in [7, 11) is -10.8. The molecule has 360 valence electrons. The zero-order valence-electron chi connectivity index (χ0n) is 37.5. The summed E-state index contributed by atoms with van der Waals surface area (Å²) in [6, 6.07) is 1.25. The van der Waals surface area contributed by atoms with E-state index in [1.807, 2.05) is 0 Å². The van der Waals surface area contributed by atoms with Crippen molar-refractivity contribution in [2.45, 2.75) is 200 Å². The van der Waals surface area contributed by atoms with Crippen molar-refractivity contribution in [3.8, 4) is 0 Å². The zero-order chi connectivity index (χ0) is 46.0. The van der Waals surface area contributed by atoms with Crippen molar-refractivity contribution in [2.24, 2.45) is 11.8 Å². The number of carbonyl (C=O) groups is 2. The maximum absolute atomic E-state index is 12.8. The predicted octanol–water partition coefficient (Wildman–Crippen LogP) is 8.04. The number of anilines is 1. The molecule has 2 heterocycles. The summed E-state index contributed by atoms with van der Waals surface area (Å²) in [4.78, 5) is 61.6. The van der Waals surface area contributed by atoms with Gasteiger partial charge in [-0.05, 0) is 30.7 Å². The number of aliphatic hydroxyl groups excluding tert-OH is 2. The van der Waals surface area contributed by atoms with Crippen molar-refractivity contribution in [3.63, 3.8) is 0 Å². The topological polar surface area (TPSA) is 265 Å². The Hall–Kier alpha value is -2.24. The first-order chi connectivity index (χ1) is 29.5. The van der Waals surface area contributed by atoms with Gasteiger partial charge in [0.2, 0.25) is 0 Å². The molecule has 20 heteroatoms. The third-order valence-electron chi connectivity index (χ3n) is 11.3. The fraction of sp³-hybridized carbons (Fsp3) is 0.857. The molecule has 0 amide bonds. The summed E-state index contributed by atoms with van der Waals surface area (Å²) < 4.78 is 56.6. The summed E-state index contributed by atoms with van der Waals surface area (Å²) in [5.74, 6) is 0.235. The van der Waals surface area contributed by atoms with Crippen LogP contribution in [0, 0.1) is 11.8 Å². The van der Waals surface area contributed by atoms with Crippen molar-refractivity contribution in [1.82, 2.24) is 9.55 Å². The summed E-state index contributed by atoms with van der Waals surface area (Å²) in [6.07, 6.45) is 15.2. The van der Waals surface area contributed by atoms with E-state index in [0.717, 1.165) is 74.0 Å². The third-order valence-corrected chi connectivity index (χ3v) is 13.9. The third kappa shape index (κ3) is 24.2. The summed E-state index contributed by atoms with van der Waals surface area (Å²) in [6.45, 7) is 6.70. The normalized spacial score (nSPS) is 21.2. The molecule has 6 N–H and O–H groups in total. The summed E-state index contributed by atoms with van der Waals surface area (Å²) in [5, 5.41) is 20.8. The molecule has 62 heavy (non-hydrogen) atoms. The summed E-state index contributed by atoms with van der Waals surface area (Å²) in [5.41, 5.74) is 4.58. The van der Waals surface area contributed by atoms with E-state index >= 15 is 0 Å². The molecule has 1 aliphatic heterocycles. The Morgan fingerprint density at radius 1 is 0.758 bits per heavy atom. The monoisotopic (exact) mass is 925 g/mol. The average molecular weight is 926 g/mol. The van der Waals surface area contributed by atoms with Gasteiger partial charge >= 0.3 is 33.3 Å². The van der Waals surface area contributed by atoms with Crippen LogP contribution in [0.5, 0.6) is 0 Å². The van der Waals surface area contributed by atoms with Crippen LogP contribution in [-0.4, -0.2) is 85.7 Å². The maximum atomic E-state index is 12.8. The molecular weight excluding hydrogens is 848 g/mol. The van der Waals surface area contributed by atoms with Crippen molar-refractivity contribution < 1.29 is 66.3 Å². The Kier molecular flexibility index (Phi) is 27.8. The highest BCUT2D eigenvalue weighted by atomic mass is 31.3. The molecule has 0 radical (unpaired) electrons. The lowest BCUT2D eigenvalue weighted by molar-refractivity contribution is -0.161. The minimum atomic E-state index is -5.41. The van der Waals surface area contributed by atoms with Gasteiger partial charge in [-0.3, -0.25) is 23.2 Å². The van der Waals surface area contributed by atoms with Gasteiger partial charge in [-0.2, -0.15) is 9.29 Å². The van der Waals surface area contributed by atoms with Gasteiger partial charge in [0.25, 0.3) is 0 Å². The van der Waals surface area contributed by atoms with Crippen molar-refractivity contribution in [2.75, 3.05) is 25.6 Å². The number of aliphatic hydroxyl groups is 2. The molecule has 0 aromatic carbocycles. The highest BCUT2D eigenvalue weighted by Crippen LogP contribution is 2.60. The van der Waals surface area contributed by atoms with E-state index in [2.05, 4.69) is 37.0 Å². The number of phosphoric acid groups is 2. The molecule has 0 spiro atoms. The van der Waals surface area contributed by atoms with Crippen LogP contribution in [0.15, 0.2) is 17.1 Å². The van der Waals surface area contributed by atoms with Crippen LogP contribution >= 0.6 is 15.6 Å². The second kappa shape index (κ2) is 30.8. The lowest BCUT2D eigenvalue weighted by Gasteiger charge is -2.21. The van der Waals surface area contributed by atoms with Gasteiger partial charge in [-0.15, -0.1) is 0 Å². The van der Waals surface area contributed by atoms with Crippen molar-refractivity contribution >= 4 is 33.4 Å². The van der Waals surface area contributed by atoms with E-state index in [1.165, 1.54) is 70.3 Å². The first kappa shape index (κ1) is 55.9. The van der Waals surface area contributed by atoms with Crippen molar-refractivity contribution in [3.05, 3.63) is 22.7 Å². The van der Waals surface area contributed by atoms with E-state index in [1.54, 1.807) is 0 Å². The Morgan fingerprint density at radius 3 is 1.76 bits per heavy atom. The number of hydrogen-bond acceptors (Lipinski definition) is 15. The maximum Gasteiger partial charge on any atom is 0.481 e. The number of aromatic nitrogens is 2. The number of nitrogens with zero attached hydrogens (tertiary/aromatic N) is 2. The highest BCUT2D eigenvalue weighted by molar-refractivity contribution is 7.61. The second-order valence-electron chi connectivity index (χ2n) is 16.8. The van der Waals surface area contributed by atoms with Crippen LogP contribution in [0.3, 0.4) is 0 Å². The van der Waals surface area contributed by atoms with Gasteiger partial charge in [0, 0.05) is 19.0 Å². The number of ether oxygens (including phenoxy) is 3. The van der Waals surface area contributed by atoms with Crippen LogP contribution in [0.25, 0.3) is 0 Å². The van der Waals surface area contributed by atoms with Crippen LogP contribution < -0.4 is 11.4 Å². The molecule has 18 nitrogen and oxygen atoms in total. The molecule has 0 saturated carbocycles. The molecule has 0 aliphatic carbocycles. The lowest BCUT2D eigenvalue weighted by atomic mass is 9.99.